The summed E-state index contributed by atoms with van der Waals surface area (Å²) in [5, 5.41) is 11.8. The molecule has 0 aromatic carbocycles. The van der Waals surface area contributed by atoms with E-state index in [1.54, 1.807) is 28.2 Å². The standard InChI is InChI=1S/C7H8O2S.C6H6O2S/c1-5-3-6(4-10-5)7(8)9-2;1-4-2-5(3-9-4)6(7)8/h3-4H,1-2H3;2-3H,1H3,(H,7,8). The molecular weight excluding hydrogens is 284 g/mol. The van der Waals surface area contributed by atoms with E-state index in [4.69, 9.17) is 5.11 Å². The molecule has 0 aliphatic carbocycles. The Hall–Kier alpha value is -1.66. The molecule has 4 nitrogen and oxygen atoms in total. The van der Waals surface area contributed by atoms with Crippen molar-refractivity contribution in [1.82, 2.24) is 0 Å². The van der Waals surface area contributed by atoms with Crippen molar-refractivity contribution in [2.75, 3.05) is 7.11 Å². The minimum atomic E-state index is -0.848. The van der Waals surface area contributed by atoms with Crippen LogP contribution >= 0.6 is 22.7 Å². The third-order valence-corrected chi connectivity index (χ3v) is 3.85. The highest BCUT2D eigenvalue weighted by atomic mass is 32.1. The number of rotatable bonds is 2. The number of hydrogen-bond acceptors (Lipinski definition) is 5. The Morgan fingerprint density at radius 1 is 1.05 bits per heavy atom. The summed E-state index contributed by atoms with van der Waals surface area (Å²) < 4.78 is 4.52. The maximum absolute atomic E-state index is 10.8. The predicted molar refractivity (Wildman–Crippen MR) is 76.4 cm³/mol. The van der Waals surface area contributed by atoms with Crippen LogP contribution in [0, 0.1) is 13.8 Å². The van der Waals surface area contributed by atoms with E-state index in [2.05, 4.69) is 4.74 Å². The second kappa shape index (κ2) is 7.06. The first-order chi connectivity index (χ1) is 8.93. The van der Waals surface area contributed by atoms with Crippen LogP contribution in [-0.4, -0.2) is 24.2 Å². The van der Waals surface area contributed by atoms with E-state index in [9.17, 15) is 9.59 Å². The van der Waals surface area contributed by atoms with Gasteiger partial charge in [0.1, 0.15) is 0 Å². The lowest BCUT2D eigenvalue weighted by molar-refractivity contribution is 0.0600. The molecule has 0 aliphatic rings. The van der Waals surface area contributed by atoms with Crippen LogP contribution in [0.1, 0.15) is 30.5 Å². The van der Waals surface area contributed by atoms with Crippen molar-refractivity contribution in [3.05, 3.63) is 43.8 Å². The third kappa shape index (κ3) is 4.84. The van der Waals surface area contributed by atoms with Crippen LogP contribution < -0.4 is 0 Å². The Morgan fingerprint density at radius 3 is 1.79 bits per heavy atom. The summed E-state index contributed by atoms with van der Waals surface area (Å²) in [4.78, 5) is 23.2. The number of carbonyl (C=O) groups is 2. The van der Waals surface area contributed by atoms with Crippen molar-refractivity contribution in [3.63, 3.8) is 0 Å². The molecule has 2 heterocycles. The van der Waals surface area contributed by atoms with Gasteiger partial charge in [-0.15, -0.1) is 22.7 Å². The number of methoxy groups -OCH3 is 1. The molecule has 0 fully saturated rings. The Kier molecular flexibility index (Phi) is 5.72. The lowest BCUT2D eigenvalue weighted by Gasteiger charge is -1.90. The second-order valence-electron chi connectivity index (χ2n) is 3.69. The number of aromatic carboxylic acids is 1. The average Bonchev–Trinajstić information content (AvgIpc) is 2.98. The van der Waals surface area contributed by atoms with Gasteiger partial charge in [0, 0.05) is 20.5 Å². The van der Waals surface area contributed by atoms with Crippen LogP contribution in [0.2, 0.25) is 0 Å². The van der Waals surface area contributed by atoms with E-state index in [1.165, 1.54) is 18.4 Å². The van der Waals surface area contributed by atoms with E-state index in [0.29, 0.717) is 11.1 Å². The number of aryl methyl sites for hydroxylation is 2. The fraction of sp³-hybridized carbons (Fsp3) is 0.231. The molecule has 0 bridgehead atoms. The van der Waals surface area contributed by atoms with Crippen LogP contribution in [-0.2, 0) is 4.74 Å². The van der Waals surface area contributed by atoms with Crippen molar-refractivity contribution in [1.29, 1.82) is 0 Å². The molecule has 2 rings (SSSR count). The van der Waals surface area contributed by atoms with E-state index < -0.39 is 5.97 Å². The van der Waals surface area contributed by atoms with Crippen molar-refractivity contribution in [2.24, 2.45) is 0 Å². The third-order valence-electron chi connectivity index (χ3n) is 2.13. The Labute approximate surface area is 119 Å². The molecule has 0 unspecified atom stereocenters. The molecule has 0 saturated carbocycles. The first kappa shape index (κ1) is 15.4. The van der Waals surface area contributed by atoms with Crippen LogP contribution in [0.15, 0.2) is 22.9 Å². The lowest BCUT2D eigenvalue weighted by atomic mass is 10.3. The molecule has 102 valence electrons. The van der Waals surface area contributed by atoms with Gasteiger partial charge < -0.3 is 9.84 Å². The number of carboxylic acids is 1. The molecule has 0 aliphatic heterocycles. The van der Waals surface area contributed by atoms with Gasteiger partial charge in [-0.2, -0.15) is 0 Å². The van der Waals surface area contributed by atoms with Gasteiger partial charge in [-0.1, -0.05) is 0 Å². The lowest BCUT2D eigenvalue weighted by Crippen LogP contribution is -1.97. The average molecular weight is 298 g/mol. The Morgan fingerprint density at radius 2 is 1.53 bits per heavy atom. The van der Waals surface area contributed by atoms with Gasteiger partial charge in [0.25, 0.3) is 0 Å². The SMILES string of the molecule is COC(=O)c1csc(C)c1.Cc1cc(C(=O)O)cs1. The fourth-order valence-electron chi connectivity index (χ4n) is 1.22. The smallest absolute Gasteiger partial charge is 0.338 e. The first-order valence-electron chi connectivity index (χ1n) is 5.36. The summed E-state index contributed by atoms with van der Waals surface area (Å²) in [6.45, 7) is 3.84. The molecule has 6 heteroatoms. The molecule has 1 N–H and O–H groups in total. The van der Waals surface area contributed by atoms with Crippen molar-refractivity contribution in [2.45, 2.75) is 13.8 Å². The van der Waals surface area contributed by atoms with Gasteiger partial charge in [-0.05, 0) is 26.0 Å². The van der Waals surface area contributed by atoms with Crippen molar-refractivity contribution < 1.29 is 19.4 Å². The number of hydrogen-bond donors (Lipinski definition) is 1. The van der Waals surface area contributed by atoms with Gasteiger partial charge in [-0.25, -0.2) is 9.59 Å². The number of carboxylic acid groups (broad SMARTS) is 1. The molecule has 2 aromatic heterocycles. The number of carbonyl (C=O) groups excluding carboxylic acids is 1. The van der Waals surface area contributed by atoms with Gasteiger partial charge in [-0.3, -0.25) is 0 Å². The van der Waals surface area contributed by atoms with E-state index in [0.717, 1.165) is 9.75 Å². The summed E-state index contributed by atoms with van der Waals surface area (Å²) in [6, 6.07) is 3.48. The van der Waals surface area contributed by atoms with Crippen molar-refractivity contribution in [3.8, 4) is 0 Å². The highest BCUT2D eigenvalue weighted by molar-refractivity contribution is 7.10. The Balaban J connectivity index is 0.000000191. The first-order valence-corrected chi connectivity index (χ1v) is 7.12. The highest BCUT2D eigenvalue weighted by Gasteiger charge is 2.05. The van der Waals surface area contributed by atoms with Crippen LogP contribution in [0.25, 0.3) is 0 Å². The van der Waals surface area contributed by atoms with Gasteiger partial charge in [0.2, 0.25) is 0 Å². The van der Waals surface area contributed by atoms with E-state index in [1.807, 2.05) is 19.9 Å². The largest absolute Gasteiger partial charge is 0.478 e. The Bertz CT molecular complexity index is 569. The van der Waals surface area contributed by atoms with Gasteiger partial charge in [0.15, 0.2) is 0 Å². The zero-order chi connectivity index (χ0) is 14.4. The molecule has 0 atom stereocenters. The molecular formula is C13H14O4S2. The van der Waals surface area contributed by atoms with Gasteiger partial charge in [0.05, 0.1) is 18.2 Å². The monoisotopic (exact) mass is 298 g/mol. The summed E-state index contributed by atoms with van der Waals surface area (Å²) in [5.41, 5.74) is 1.03. The predicted octanol–water partition coefficient (Wildman–Crippen LogP) is 3.60. The molecule has 19 heavy (non-hydrogen) atoms. The normalized spacial score (nSPS) is 9.42. The van der Waals surface area contributed by atoms with Crippen molar-refractivity contribution >= 4 is 34.6 Å². The van der Waals surface area contributed by atoms with Gasteiger partial charge >= 0.3 is 11.9 Å². The fourth-order valence-corrected chi connectivity index (χ4v) is 2.57. The van der Waals surface area contributed by atoms with Crippen LogP contribution in [0.4, 0.5) is 0 Å². The van der Waals surface area contributed by atoms with Crippen LogP contribution in [0.3, 0.4) is 0 Å². The van der Waals surface area contributed by atoms with E-state index in [-0.39, 0.29) is 5.97 Å². The summed E-state index contributed by atoms with van der Waals surface area (Å²) in [5.74, 6) is -1.11. The molecule has 0 radical (unpaired) electrons. The highest BCUT2D eigenvalue weighted by Crippen LogP contribution is 2.13. The topological polar surface area (TPSA) is 63.6 Å². The minimum Gasteiger partial charge on any atom is -0.478 e. The second-order valence-corrected chi connectivity index (χ2v) is 5.92. The summed E-state index contributed by atoms with van der Waals surface area (Å²) in [6.07, 6.45) is 0. The summed E-state index contributed by atoms with van der Waals surface area (Å²) >= 11 is 3.00. The number of esters is 1. The number of thiophene rings is 2. The molecule has 2 aromatic rings. The summed E-state index contributed by atoms with van der Waals surface area (Å²) in [7, 11) is 1.38. The zero-order valence-electron chi connectivity index (χ0n) is 10.8. The molecule has 0 spiro atoms. The number of ether oxygens (including phenoxy) is 1. The zero-order valence-corrected chi connectivity index (χ0v) is 12.4. The molecule has 0 amide bonds. The van der Waals surface area contributed by atoms with Crippen LogP contribution in [0.5, 0.6) is 0 Å². The maximum Gasteiger partial charge on any atom is 0.338 e. The molecule has 0 saturated heterocycles. The minimum absolute atomic E-state index is 0.260. The van der Waals surface area contributed by atoms with E-state index >= 15 is 0 Å². The maximum atomic E-state index is 10.8. The quantitative estimate of drug-likeness (QED) is 0.860.